The highest BCUT2D eigenvalue weighted by molar-refractivity contribution is 5.30. The summed E-state index contributed by atoms with van der Waals surface area (Å²) in [4.78, 5) is 7.99. The Labute approximate surface area is 82.6 Å². The number of hydrogen-bond acceptors (Lipinski definition) is 3. The summed E-state index contributed by atoms with van der Waals surface area (Å²) < 4.78 is 0. The highest BCUT2D eigenvalue weighted by Crippen LogP contribution is 2.07. The standard InChI is InChI=1S/C11H11N3/c12-11-7-10(13-8-14-11)6-9-4-2-1-3-5-9/h1-5,7-8H,6H2,(H2,12,13,14). The molecule has 0 spiro atoms. The Morgan fingerprint density at radius 1 is 1.07 bits per heavy atom. The molecule has 1 aromatic carbocycles. The van der Waals surface area contributed by atoms with E-state index in [0.717, 1.165) is 12.1 Å². The van der Waals surface area contributed by atoms with Crippen molar-refractivity contribution in [1.82, 2.24) is 9.97 Å². The van der Waals surface area contributed by atoms with Crippen LogP contribution in [0.1, 0.15) is 11.3 Å². The number of nitrogens with two attached hydrogens (primary N) is 1. The largest absolute Gasteiger partial charge is 0.384 e. The Hall–Kier alpha value is -1.90. The van der Waals surface area contributed by atoms with E-state index >= 15 is 0 Å². The second kappa shape index (κ2) is 3.87. The number of aromatic nitrogens is 2. The van der Waals surface area contributed by atoms with Crippen LogP contribution in [-0.2, 0) is 6.42 Å². The van der Waals surface area contributed by atoms with Crippen LogP contribution in [0, 0.1) is 0 Å². The second-order valence-electron chi connectivity index (χ2n) is 3.10. The van der Waals surface area contributed by atoms with Crippen LogP contribution < -0.4 is 5.73 Å². The van der Waals surface area contributed by atoms with Crippen molar-refractivity contribution in [3.63, 3.8) is 0 Å². The molecule has 0 amide bonds. The minimum Gasteiger partial charge on any atom is -0.384 e. The first-order valence-electron chi connectivity index (χ1n) is 4.45. The van der Waals surface area contributed by atoms with Gasteiger partial charge in [0.2, 0.25) is 0 Å². The van der Waals surface area contributed by atoms with Crippen LogP contribution in [0.3, 0.4) is 0 Å². The molecule has 3 nitrogen and oxygen atoms in total. The van der Waals surface area contributed by atoms with Crippen LogP contribution in [0.4, 0.5) is 5.82 Å². The molecule has 2 N–H and O–H groups in total. The predicted molar refractivity (Wildman–Crippen MR) is 55.7 cm³/mol. The highest BCUT2D eigenvalue weighted by atomic mass is 14.9. The Balaban J connectivity index is 2.19. The number of nitrogens with zero attached hydrogens (tertiary/aromatic N) is 2. The molecule has 0 radical (unpaired) electrons. The van der Waals surface area contributed by atoms with Gasteiger partial charge >= 0.3 is 0 Å². The van der Waals surface area contributed by atoms with Crippen LogP contribution in [-0.4, -0.2) is 9.97 Å². The summed E-state index contributed by atoms with van der Waals surface area (Å²) >= 11 is 0. The summed E-state index contributed by atoms with van der Waals surface area (Å²) in [6.07, 6.45) is 2.29. The lowest BCUT2D eigenvalue weighted by Gasteiger charge is -2.00. The molecule has 0 saturated carbocycles. The third kappa shape index (κ3) is 2.07. The molecule has 0 bridgehead atoms. The van der Waals surface area contributed by atoms with E-state index < -0.39 is 0 Å². The van der Waals surface area contributed by atoms with Gasteiger partial charge in [-0.3, -0.25) is 0 Å². The summed E-state index contributed by atoms with van der Waals surface area (Å²) in [6, 6.07) is 12.0. The van der Waals surface area contributed by atoms with Crippen molar-refractivity contribution in [3.05, 3.63) is 54.0 Å². The molecule has 14 heavy (non-hydrogen) atoms. The summed E-state index contributed by atoms with van der Waals surface area (Å²) in [5.74, 6) is 0.519. The molecule has 0 fully saturated rings. The molecule has 0 aliphatic rings. The molecule has 0 aliphatic carbocycles. The highest BCUT2D eigenvalue weighted by Gasteiger charge is 1.97. The lowest BCUT2D eigenvalue weighted by Crippen LogP contribution is -1.96. The van der Waals surface area contributed by atoms with Crippen molar-refractivity contribution >= 4 is 5.82 Å². The van der Waals surface area contributed by atoms with Gasteiger partial charge in [-0.25, -0.2) is 9.97 Å². The van der Waals surface area contributed by atoms with Crippen molar-refractivity contribution in [2.45, 2.75) is 6.42 Å². The monoisotopic (exact) mass is 185 g/mol. The first-order valence-corrected chi connectivity index (χ1v) is 4.45. The Kier molecular flexibility index (Phi) is 2.40. The molecular weight excluding hydrogens is 174 g/mol. The van der Waals surface area contributed by atoms with Crippen molar-refractivity contribution in [1.29, 1.82) is 0 Å². The van der Waals surface area contributed by atoms with Crippen LogP contribution >= 0.6 is 0 Å². The molecule has 2 aromatic rings. The maximum atomic E-state index is 5.56. The van der Waals surface area contributed by atoms with Gasteiger partial charge in [0.1, 0.15) is 12.1 Å². The number of nitrogen functional groups attached to an aromatic ring is 1. The third-order valence-corrected chi connectivity index (χ3v) is 1.97. The molecule has 0 unspecified atom stereocenters. The van der Waals surface area contributed by atoms with Gasteiger partial charge in [0.05, 0.1) is 5.69 Å². The molecule has 0 saturated heterocycles. The zero-order valence-corrected chi connectivity index (χ0v) is 7.72. The Morgan fingerprint density at radius 3 is 2.57 bits per heavy atom. The van der Waals surface area contributed by atoms with Crippen LogP contribution in [0.15, 0.2) is 42.7 Å². The van der Waals surface area contributed by atoms with E-state index in [1.807, 2.05) is 18.2 Å². The summed E-state index contributed by atoms with van der Waals surface area (Å²) in [5.41, 5.74) is 7.74. The fourth-order valence-corrected chi connectivity index (χ4v) is 1.32. The fraction of sp³-hybridized carbons (Fsp3) is 0.0909. The first kappa shape index (κ1) is 8.69. The zero-order chi connectivity index (χ0) is 9.80. The molecule has 1 aromatic heterocycles. The average Bonchev–Trinajstić information content (AvgIpc) is 2.19. The molecule has 3 heteroatoms. The molecular formula is C11H11N3. The van der Waals surface area contributed by atoms with E-state index in [1.54, 1.807) is 6.07 Å². The molecule has 70 valence electrons. The lowest BCUT2D eigenvalue weighted by molar-refractivity contribution is 1.03. The van der Waals surface area contributed by atoms with Crippen LogP contribution in [0.5, 0.6) is 0 Å². The van der Waals surface area contributed by atoms with E-state index in [-0.39, 0.29) is 0 Å². The smallest absolute Gasteiger partial charge is 0.127 e. The molecule has 0 atom stereocenters. The van der Waals surface area contributed by atoms with Crippen LogP contribution in [0.25, 0.3) is 0 Å². The average molecular weight is 185 g/mol. The minimum atomic E-state index is 0.519. The zero-order valence-electron chi connectivity index (χ0n) is 7.72. The summed E-state index contributed by atoms with van der Waals surface area (Å²) in [6.45, 7) is 0. The van der Waals surface area contributed by atoms with Crippen molar-refractivity contribution in [2.24, 2.45) is 0 Å². The topological polar surface area (TPSA) is 51.8 Å². The van der Waals surface area contributed by atoms with Gasteiger partial charge in [0.25, 0.3) is 0 Å². The van der Waals surface area contributed by atoms with Gasteiger partial charge in [-0.15, -0.1) is 0 Å². The predicted octanol–water partition coefficient (Wildman–Crippen LogP) is 1.65. The maximum absolute atomic E-state index is 5.56. The summed E-state index contributed by atoms with van der Waals surface area (Å²) in [5, 5.41) is 0. The van der Waals surface area contributed by atoms with Gasteiger partial charge in [0.15, 0.2) is 0 Å². The van der Waals surface area contributed by atoms with Crippen LogP contribution in [0.2, 0.25) is 0 Å². The number of hydrogen-bond donors (Lipinski definition) is 1. The van der Waals surface area contributed by atoms with Crippen molar-refractivity contribution in [3.8, 4) is 0 Å². The summed E-state index contributed by atoms with van der Waals surface area (Å²) in [7, 11) is 0. The molecule has 2 rings (SSSR count). The maximum Gasteiger partial charge on any atom is 0.127 e. The van der Waals surface area contributed by atoms with Gasteiger partial charge in [-0.05, 0) is 5.56 Å². The Bertz CT molecular complexity index is 412. The number of rotatable bonds is 2. The third-order valence-electron chi connectivity index (χ3n) is 1.97. The van der Waals surface area contributed by atoms with Crippen molar-refractivity contribution in [2.75, 3.05) is 5.73 Å². The normalized spacial score (nSPS) is 10.0. The van der Waals surface area contributed by atoms with E-state index in [2.05, 4.69) is 22.1 Å². The molecule has 1 heterocycles. The van der Waals surface area contributed by atoms with Crippen molar-refractivity contribution < 1.29 is 0 Å². The minimum absolute atomic E-state index is 0.519. The molecule has 0 aliphatic heterocycles. The number of anilines is 1. The van der Waals surface area contributed by atoms with Gasteiger partial charge in [0, 0.05) is 12.5 Å². The first-order chi connectivity index (χ1) is 6.84. The SMILES string of the molecule is Nc1cc(Cc2ccccc2)ncn1. The number of benzene rings is 1. The van der Waals surface area contributed by atoms with E-state index in [0.29, 0.717) is 5.82 Å². The van der Waals surface area contributed by atoms with Gasteiger partial charge < -0.3 is 5.73 Å². The lowest BCUT2D eigenvalue weighted by atomic mass is 10.1. The quantitative estimate of drug-likeness (QED) is 0.774. The van der Waals surface area contributed by atoms with E-state index in [9.17, 15) is 0 Å². The van der Waals surface area contributed by atoms with E-state index in [1.165, 1.54) is 11.9 Å². The second-order valence-corrected chi connectivity index (χ2v) is 3.10. The Morgan fingerprint density at radius 2 is 1.86 bits per heavy atom. The van der Waals surface area contributed by atoms with E-state index in [4.69, 9.17) is 5.73 Å². The van der Waals surface area contributed by atoms with Gasteiger partial charge in [-0.2, -0.15) is 0 Å². The fourth-order valence-electron chi connectivity index (χ4n) is 1.32. The van der Waals surface area contributed by atoms with Gasteiger partial charge in [-0.1, -0.05) is 30.3 Å².